The average Bonchev–Trinajstić information content (AvgIpc) is 3.14. The Kier molecular flexibility index (Phi) is 4.76. The maximum atomic E-state index is 13.3. The molecule has 2 aromatic rings. The number of amides is 1. The number of nitrogens with one attached hydrogen (secondary N) is 2. The topological polar surface area (TPSA) is 105 Å². The maximum Gasteiger partial charge on any atom is 0.266 e. The molecule has 1 heterocycles. The molecule has 2 aromatic carbocycles. The van der Waals surface area contributed by atoms with Crippen LogP contribution >= 0.6 is 0 Å². The molecule has 1 fully saturated rings. The van der Waals surface area contributed by atoms with E-state index in [0.29, 0.717) is 12.3 Å². The number of rotatable bonds is 5. The first-order valence-electron chi connectivity index (χ1n) is 7.73. The number of carbonyl (C=O) groups is 1. The van der Waals surface area contributed by atoms with Crippen LogP contribution in [0.25, 0.3) is 0 Å². The van der Waals surface area contributed by atoms with Gasteiger partial charge in [-0.05, 0) is 37.2 Å². The fourth-order valence-electron chi connectivity index (χ4n) is 2.90. The third-order valence-corrected chi connectivity index (χ3v) is 6.73. The van der Waals surface area contributed by atoms with Crippen molar-refractivity contribution in [2.75, 3.05) is 13.1 Å². The van der Waals surface area contributed by atoms with Gasteiger partial charge in [0.05, 0.1) is 0 Å². The molecule has 0 aromatic heterocycles. The van der Waals surface area contributed by atoms with Gasteiger partial charge in [-0.3, -0.25) is 10.0 Å². The summed E-state index contributed by atoms with van der Waals surface area (Å²) >= 11 is 0. The van der Waals surface area contributed by atoms with Crippen molar-refractivity contribution in [2.24, 2.45) is 0 Å². The molecular formula is C17H18N2O5S. The smallest absolute Gasteiger partial charge is 0.266 e. The summed E-state index contributed by atoms with van der Waals surface area (Å²) in [7, 11) is -4.12. The second-order valence-corrected chi connectivity index (χ2v) is 7.96. The van der Waals surface area contributed by atoms with Crippen molar-refractivity contribution in [2.45, 2.75) is 16.1 Å². The lowest BCUT2D eigenvalue weighted by Crippen LogP contribution is -2.53. The van der Waals surface area contributed by atoms with E-state index in [2.05, 4.69) is 5.32 Å². The Morgan fingerprint density at radius 2 is 1.80 bits per heavy atom. The van der Waals surface area contributed by atoms with Crippen LogP contribution in [0.5, 0.6) is 11.5 Å². The van der Waals surface area contributed by atoms with E-state index in [9.17, 15) is 13.2 Å². The molecule has 3 rings (SSSR count). The minimum absolute atomic E-state index is 0.0569. The minimum Gasteiger partial charge on any atom is -0.456 e. The SMILES string of the molecule is O=C(NO)C1(S(=O)(=O)c2ccccc2Oc2ccccc2)CCNC1. The van der Waals surface area contributed by atoms with E-state index in [-0.39, 0.29) is 23.6 Å². The van der Waals surface area contributed by atoms with Crippen molar-refractivity contribution >= 4 is 15.7 Å². The molecule has 1 aliphatic heterocycles. The van der Waals surface area contributed by atoms with Gasteiger partial charge in [-0.1, -0.05) is 30.3 Å². The molecule has 0 spiro atoms. The Morgan fingerprint density at radius 3 is 2.44 bits per heavy atom. The summed E-state index contributed by atoms with van der Waals surface area (Å²) in [6.07, 6.45) is 0.0569. The number of carbonyl (C=O) groups excluding carboxylic acids is 1. The number of hydroxylamine groups is 1. The Labute approximate surface area is 145 Å². The van der Waals surface area contributed by atoms with Crippen molar-refractivity contribution in [3.05, 3.63) is 54.6 Å². The van der Waals surface area contributed by atoms with Crippen LogP contribution in [0.3, 0.4) is 0 Å². The molecule has 1 amide bonds. The number of para-hydroxylation sites is 2. The Balaban J connectivity index is 2.07. The summed E-state index contributed by atoms with van der Waals surface area (Å²) in [5.74, 6) is -0.340. The lowest BCUT2D eigenvalue weighted by atomic mass is 10.1. The fourth-order valence-corrected chi connectivity index (χ4v) is 4.90. The van der Waals surface area contributed by atoms with Crippen LogP contribution in [0.4, 0.5) is 0 Å². The van der Waals surface area contributed by atoms with Gasteiger partial charge < -0.3 is 10.1 Å². The maximum absolute atomic E-state index is 13.3. The van der Waals surface area contributed by atoms with Crippen molar-refractivity contribution in [1.82, 2.24) is 10.8 Å². The van der Waals surface area contributed by atoms with E-state index in [0.717, 1.165) is 0 Å². The van der Waals surface area contributed by atoms with Crippen LogP contribution in [0.15, 0.2) is 59.5 Å². The monoisotopic (exact) mass is 362 g/mol. The van der Waals surface area contributed by atoms with E-state index in [4.69, 9.17) is 9.94 Å². The molecular weight excluding hydrogens is 344 g/mol. The van der Waals surface area contributed by atoms with Gasteiger partial charge in [-0.2, -0.15) is 0 Å². The molecule has 1 saturated heterocycles. The highest BCUT2D eigenvalue weighted by molar-refractivity contribution is 7.93. The third kappa shape index (κ3) is 2.99. The van der Waals surface area contributed by atoms with Crippen molar-refractivity contribution < 1.29 is 23.2 Å². The predicted molar refractivity (Wildman–Crippen MR) is 90.3 cm³/mol. The van der Waals surface area contributed by atoms with E-state index in [1.54, 1.807) is 36.4 Å². The number of ether oxygens (including phenoxy) is 1. The lowest BCUT2D eigenvalue weighted by Gasteiger charge is -2.26. The van der Waals surface area contributed by atoms with Crippen LogP contribution in [0, 0.1) is 0 Å². The molecule has 132 valence electrons. The molecule has 1 aliphatic rings. The van der Waals surface area contributed by atoms with E-state index >= 15 is 0 Å². The number of hydrogen-bond donors (Lipinski definition) is 3. The zero-order valence-electron chi connectivity index (χ0n) is 13.3. The molecule has 25 heavy (non-hydrogen) atoms. The number of hydrogen-bond acceptors (Lipinski definition) is 6. The standard InChI is InChI=1S/C17H18N2O5S/c20-16(19-21)17(10-11-18-12-17)25(22,23)15-9-5-4-8-14(15)24-13-6-2-1-3-7-13/h1-9,18,21H,10-12H2,(H,19,20). The first-order valence-corrected chi connectivity index (χ1v) is 9.21. The zero-order valence-corrected chi connectivity index (χ0v) is 14.1. The largest absolute Gasteiger partial charge is 0.456 e. The summed E-state index contributed by atoms with van der Waals surface area (Å²) in [4.78, 5) is 12.1. The van der Waals surface area contributed by atoms with Gasteiger partial charge in [0.15, 0.2) is 14.6 Å². The first kappa shape index (κ1) is 17.4. The summed E-state index contributed by atoms with van der Waals surface area (Å²) in [5, 5.41) is 11.9. The Bertz CT molecular complexity index is 862. The van der Waals surface area contributed by atoms with Gasteiger partial charge in [-0.15, -0.1) is 0 Å². The van der Waals surface area contributed by atoms with Gasteiger partial charge in [0.1, 0.15) is 16.4 Å². The molecule has 8 heteroatoms. The quantitative estimate of drug-likeness (QED) is 0.550. The van der Waals surface area contributed by atoms with E-state index in [1.807, 2.05) is 6.07 Å². The highest BCUT2D eigenvalue weighted by Gasteiger charge is 2.54. The van der Waals surface area contributed by atoms with Gasteiger partial charge >= 0.3 is 0 Å². The fraction of sp³-hybridized carbons (Fsp3) is 0.235. The summed E-state index contributed by atoms with van der Waals surface area (Å²) in [5.41, 5.74) is 1.49. The number of sulfone groups is 1. The molecule has 0 aliphatic carbocycles. The van der Waals surface area contributed by atoms with Crippen molar-refractivity contribution in [1.29, 1.82) is 0 Å². The molecule has 7 nitrogen and oxygen atoms in total. The summed E-state index contributed by atoms with van der Waals surface area (Å²) in [6.45, 7) is 0.274. The lowest BCUT2D eigenvalue weighted by molar-refractivity contribution is -0.131. The van der Waals surface area contributed by atoms with Crippen LogP contribution in [-0.2, 0) is 14.6 Å². The van der Waals surface area contributed by atoms with Gasteiger partial charge in [0.2, 0.25) is 0 Å². The van der Waals surface area contributed by atoms with Crippen LogP contribution in [-0.4, -0.2) is 37.4 Å². The second kappa shape index (κ2) is 6.83. The second-order valence-electron chi connectivity index (χ2n) is 5.73. The normalized spacial score (nSPS) is 20.2. The third-order valence-electron chi connectivity index (χ3n) is 4.26. The molecule has 3 N–H and O–H groups in total. The molecule has 1 unspecified atom stereocenters. The van der Waals surface area contributed by atoms with Gasteiger partial charge in [0, 0.05) is 6.54 Å². The summed E-state index contributed by atoms with van der Waals surface area (Å²) < 4.78 is 30.5. The van der Waals surface area contributed by atoms with E-state index in [1.165, 1.54) is 17.6 Å². The average molecular weight is 362 g/mol. The molecule has 0 bridgehead atoms. The molecule has 1 atom stereocenters. The zero-order chi connectivity index (χ0) is 17.9. The predicted octanol–water partition coefficient (Wildman–Crippen LogP) is 1.49. The highest BCUT2D eigenvalue weighted by Crippen LogP contribution is 2.37. The highest BCUT2D eigenvalue weighted by atomic mass is 32.2. The van der Waals surface area contributed by atoms with Crippen LogP contribution in [0.2, 0.25) is 0 Å². The molecule has 0 radical (unpaired) electrons. The minimum atomic E-state index is -4.12. The van der Waals surface area contributed by atoms with Crippen LogP contribution < -0.4 is 15.5 Å². The van der Waals surface area contributed by atoms with E-state index < -0.39 is 20.5 Å². The van der Waals surface area contributed by atoms with Gasteiger partial charge in [0.25, 0.3) is 5.91 Å². The van der Waals surface area contributed by atoms with Crippen molar-refractivity contribution in [3.63, 3.8) is 0 Å². The molecule has 0 saturated carbocycles. The van der Waals surface area contributed by atoms with Crippen LogP contribution in [0.1, 0.15) is 6.42 Å². The first-order chi connectivity index (χ1) is 12.0. The van der Waals surface area contributed by atoms with Crippen molar-refractivity contribution in [3.8, 4) is 11.5 Å². The Morgan fingerprint density at radius 1 is 1.12 bits per heavy atom. The number of benzene rings is 2. The summed E-state index contributed by atoms with van der Waals surface area (Å²) in [6, 6.07) is 14.9. The van der Waals surface area contributed by atoms with Gasteiger partial charge in [-0.25, -0.2) is 13.9 Å². The Hall–Kier alpha value is -2.42.